The van der Waals surface area contributed by atoms with E-state index in [1.807, 2.05) is 6.08 Å². The highest BCUT2D eigenvalue weighted by Crippen LogP contribution is 2.36. The van der Waals surface area contributed by atoms with E-state index in [0.717, 1.165) is 50.5 Å². The van der Waals surface area contributed by atoms with E-state index in [2.05, 4.69) is 13.5 Å². The Labute approximate surface area is 171 Å². The second-order valence-electron chi connectivity index (χ2n) is 8.55. The van der Waals surface area contributed by atoms with Crippen LogP contribution in [0.3, 0.4) is 0 Å². The highest BCUT2D eigenvalue weighted by atomic mass is 28.3. The first-order chi connectivity index (χ1) is 13.5. The highest BCUT2D eigenvalue weighted by molar-refractivity contribution is 6.59. The standard InChI is InChI=1S/C24H37F3Si/c1-3-5-7-8-10-21(25)18-22-23(26)16-20(17-24(22)27)19-11-14-28(15-12-19)13-9-6-4-2/h4,16-17,19,21,28H,2-3,5-15,18H2,1H3. The summed E-state index contributed by atoms with van der Waals surface area (Å²) in [6.45, 7) is 5.89. The molecule has 0 nitrogen and oxygen atoms in total. The Kier molecular flexibility index (Phi) is 10.4. The number of allylic oxidation sites excluding steroid dienone is 1. The van der Waals surface area contributed by atoms with Crippen molar-refractivity contribution in [2.75, 3.05) is 0 Å². The molecule has 158 valence electrons. The predicted octanol–water partition coefficient (Wildman–Crippen LogP) is 7.89. The fraction of sp³-hybridized carbons (Fsp3) is 0.667. The smallest absolute Gasteiger partial charge is 0.129 e. The van der Waals surface area contributed by atoms with Crippen LogP contribution in [0, 0.1) is 11.6 Å². The van der Waals surface area contributed by atoms with Crippen molar-refractivity contribution in [3.05, 3.63) is 47.5 Å². The summed E-state index contributed by atoms with van der Waals surface area (Å²) in [6.07, 6.45) is 9.46. The normalized spacial score (nSPS) is 20.9. The molecule has 0 N–H and O–H groups in total. The molecule has 1 saturated heterocycles. The van der Waals surface area contributed by atoms with Crippen molar-refractivity contribution in [2.24, 2.45) is 0 Å². The van der Waals surface area contributed by atoms with Crippen LogP contribution in [0.25, 0.3) is 0 Å². The Bertz CT molecular complexity index is 571. The Morgan fingerprint density at radius 1 is 1.11 bits per heavy atom. The first-order valence-corrected chi connectivity index (χ1v) is 13.7. The lowest BCUT2D eigenvalue weighted by molar-refractivity contribution is 0.297. The zero-order valence-corrected chi connectivity index (χ0v) is 18.7. The van der Waals surface area contributed by atoms with Crippen LogP contribution in [0.1, 0.15) is 81.8 Å². The third kappa shape index (κ3) is 7.42. The van der Waals surface area contributed by atoms with E-state index >= 15 is 0 Å². The first-order valence-electron chi connectivity index (χ1n) is 11.3. The molecule has 1 unspecified atom stereocenters. The van der Waals surface area contributed by atoms with Crippen molar-refractivity contribution < 1.29 is 13.2 Å². The summed E-state index contributed by atoms with van der Waals surface area (Å²) in [6, 6.07) is 6.84. The van der Waals surface area contributed by atoms with Gasteiger partial charge in [0.2, 0.25) is 0 Å². The lowest BCUT2D eigenvalue weighted by Crippen LogP contribution is -2.20. The van der Waals surface area contributed by atoms with E-state index in [4.69, 9.17) is 0 Å². The molecule has 0 amide bonds. The van der Waals surface area contributed by atoms with Gasteiger partial charge < -0.3 is 0 Å². The molecule has 0 radical (unpaired) electrons. The summed E-state index contributed by atoms with van der Waals surface area (Å²) in [5.74, 6) is -0.857. The summed E-state index contributed by atoms with van der Waals surface area (Å²) in [5.41, 5.74) is 0.704. The van der Waals surface area contributed by atoms with Gasteiger partial charge in [-0.1, -0.05) is 63.2 Å². The van der Waals surface area contributed by atoms with Gasteiger partial charge in [-0.25, -0.2) is 13.2 Å². The van der Waals surface area contributed by atoms with Gasteiger partial charge in [-0.15, -0.1) is 6.58 Å². The summed E-state index contributed by atoms with van der Waals surface area (Å²) < 4.78 is 43.3. The van der Waals surface area contributed by atoms with E-state index in [0.29, 0.717) is 6.42 Å². The van der Waals surface area contributed by atoms with Crippen LogP contribution in [0.15, 0.2) is 24.8 Å². The van der Waals surface area contributed by atoms with Crippen LogP contribution < -0.4 is 0 Å². The number of unbranched alkanes of at least 4 members (excludes halogenated alkanes) is 4. The Balaban J connectivity index is 1.88. The molecule has 0 aromatic heterocycles. The molecule has 1 heterocycles. The van der Waals surface area contributed by atoms with Crippen LogP contribution in [0.4, 0.5) is 13.2 Å². The monoisotopic (exact) mass is 410 g/mol. The fourth-order valence-corrected chi connectivity index (χ4v) is 7.93. The third-order valence-corrected chi connectivity index (χ3v) is 9.82. The van der Waals surface area contributed by atoms with Crippen LogP contribution in [-0.2, 0) is 6.42 Å². The van der Waals surface area contributed by atoms with Gasteiger partial charge in [-0.2, -0.15) is 0 Å². The van der Waals surface area contributed by atoms with Gasteiger partial charge in [0.1, 0.15) is 17.8 Å². The van der Waals surface area contributed by atoms with Crippen molar-refractivity contribution in [3.63, 3.8) is 0 Å². The van der Waals surface area contributed by atoms with E-state index < -0.39 is 26.6 Å². The summed E-state index contributed by atoms with van der Waals surface area (Å²) >= 11 is 0. The average molecular weight is 411 g/mol. The topological polar surface area (TPSA) is 0 Å². The van der Waals surface area contributed by atoms with Crippen molar-refractivity contribution in [3.8, 4) is 0 Å². The molecule has 1 atom stereocenters. The molecule has 1 aliphatic rings. The predicted molar refractivity (Wildman–Crippen MR) is 117 cm³/mol. The molecule has 1 aromatic rings. The zero-order valence-electron chi connectivity index (χ0n) is 17.5. The van der Waals surface area contributed by atoms with Gasteiger partial charge in [0.15, 0.2) is 0 Å². The molecular weight excluding hydrogens is 373 g/mol. The van der Waals surface area contributed by atoms with Gasteiger partial charge in [-0.05, 0) is 49.3 Å². The minimum absolute atomic E-state index is 0.0702. The highest BCUT2D eigenvalue weighted by Gasteiger charge is 2.25. The summed E-state index contributed by atoms with van der Waals surface area (Å²) in [4.78, 5) is 0. The molecular formula is C24H37F3Si. The number of benzene rings is 1. The number of alkyl halides is 1. The van der Waals surface area contributed by atoms with Gasteiger partial charge in [0.25, 0.3) is 0 Å². The average Bonchev–Trinajstić information content (AvgIpc) is 2.69. The molecule has 28 heavy (non-hydrogen) atoms. The van der Waals surface area contributed by atoms with Crippen molar-refractivity contribution >= 4 is 8.80 Å². The van der Waals surface area contributed by atoms with Gasteiger partial charge in [0.05, 0.1) is 0 Å². The molecule has 1 aromatic carbocycles. The lowest BCUT2D eigenvalue weighted by Gasteiger charge is -2.28. The number of rotatable bonds is 12. The maximum absolute atomic E-state index is 14.5. The van der Waals surface area contributed by atoms with Crippen molar-refractivity contribution in [1.82, 2.24) is 0 Å². The number of halogens is 3. The van der Waals surface area contributed by atoms with Crippen LogP contribution >= 0.6 is 0 Å². The van der Waals surface area contributed by atoms with E-state index in [9.17, 15) is 13.2 Å². The SMILES string of the molecule is C=CCCC[SiH]1CCC(c2cc(F)c(CC(F)CCCCCC)c(F)c2)CC1. The minimum Gasteiger partial charge on any atom is -0.247 e. The van der Waals surface area contributed by atoms with Gasteiger partial charge in [-0.3, -0.25) is 0 Å². The maximum Gasteiger partial charge on any atom is 0.129 e. The molecule has 0 bridgehead atoms. The molecule has 1 fully saturated rings. The van der Waals surface area contributed by atoms with Crippen molar-refractivity contribution in [2.45, 2.75) is 101 Å². The second-order valence-corrected chi connectivity index (χ2v) is 12.0. The maximum atomic E-state index is 14.5. The van der Waals surface area contributed by atoms with Crippen molar-refractivity contribution in [1.29, 1.82) is 0 Å². The molecule has 0 spiro atoms. The number of hydrogen-bond donors (Lipinski definition) is 0. The second kappa shape index (κ2) is 12.5. The third-order valence-electron chi connectivity index (χ3n) is 6.30. The zero-order chi connectivity index (χ0) is 20.4. The van der Waals surface area contributed by atoms with Crippen LogP contribution in [-0.4, -0.2) is 15.0 Å². The van der Waals surface area contributed by atoms with Crippen LogP contribution in [0.5, 0.6) is 0 Å². The van der Waals surface area contributed by atoms with E-state index in [-0.39, 0.29) is 17.9 Å². The van der Waals surface area contributed by atoms with Gasteiger partial charge >= 0.3 is 0 Å². The Morgan fingerprint density at radius 2 is 1.79 bits per heavy atom. The molecule has 2 rings (SSSR count). The first kappa shape index (κ1) is 23.2. The molecule has 1 aliphatic heterocycles. The summed E-state index contributed by atoms with van der Waals surface area (Å²) in [7, 11) is -0.676. The minimum atomic E-state index is -1.16. The lowest BCUT2D eigenvalue weighted by atomic mass is 9.91. The Morgan fingerprint density at radius 3 is 2.39 bits per heavy atom. The number of hydrogen-bond acceptors (Lipinski definition) is 0. The molecule has 4 heteroatoms. The van der Waals surface area contributed by atoms with Gasteiger partial charge in [0, 0.05) is 20.8 Å². The molecule has 0 aliphatic carbocycles. The quantitative estimate of drug-likeness (QED) is 0.187. The largest absolute Gasteiger partial charge is 0.247 e. The van der Waals surface area contributed by atoms with E-state index in [1.54, 1.807) is 0 Å². The van der Waals surface area contributed by atoms with Crippen LogP contribution in [0.2, 0.25) is 18.1 Å². The summed E-state index contributed by atoms with van der Waals surface area (Å²) in [5, 5.41) is 0. The fourth-order valence-electron chi connectivity index (χ4n) is 4.50. The molecule has 0 saturated carbocycles. The van der Waals surface area contributed by atoms with E-state index in [1.165, 1.54) is 36.7 Å². The Hall–Kier alpha value is -1.03.